The molecule has 2 atom stereocenters. The van der Waals surface area contributed by atoms with E-state index in [4.69, 9.17) is 0 Å². The van der Waals surface area contributed by atoms with Crippen LogP contribution in [0.25, 0.3) is 0 Å². The van der Waals surface area contributed by atoms with Gasteiger partial charge in [-0.25, -0.2) is 17.5 Å². The number of rotatable bonds is 3. The predicted molar refractivity (Wildman–Crippen MR) is 127 cm³/mol. The van der Waals surface area contributed by atoms with Crippen molar-refractivity contribution in [3.8, 4) is 0 Å². The molecule has 1 aliphatic heterocycles. The van der Waals surface area contributed by atoms with Gasteiger partial charge >= 0.3 is 6.03 Å². The molecule has 1 heterocycles. The molecule has 0 aromatic heterocycles. The van der Waals surface area contributed by atoms with Crippen LogP contribution in [0.1, 0.15) is 53.0 Å². The summed E-state index contributed by atoms with van der Waals surface area (Å²) in [5, 5.41) is 0. The molecule has 0 N–H and O–H groups in total. The smallest absolute Gasteiger partial charge is 0.274 e. The van der Waals surface area contributed by atoms with Crippen LogP contribution in [0.2, 0.25) is 0 Å². The highest BCUT2D eigenvalue weighted by molar-refractivity contribution is 7.89. The van der Waals surface area contributed by atoms with E-state index in [-0.39, 0.29) is 29.1 Å². The van der Waals surface area contributed by atoms with E-state index in [2.05, 4.69) is 0 Å². The molecule has 172 valence electrons. The number of aryl methyl sites for hydroxylation is 1. The Hall–Kier alpha value is -3.45. The van der Waals surface area contributed by atoms with Crippen LogP contribution in [0.4, 0.5) is 4.79 Å². The largest absolute Gasteiger partial charge is 0.341 e. The molecule has 4 aliphatic rings. The average molecular weight is 473 g/mol. The first-order valence-corrected chi connectivity index (χ1v) is 12.9. The molecule has 3 aliphatic carbocycles. The van der Waals surface area contributed by atoms with Gasteiger partial charge in [0.1, 0.15) is 0 Å². The molecule has 0 unspecified atom stereocenters. The standard InChI is InChI=1S/C27H24N2O4S/c1-3-22(30)28-25-23-18-8-4-6-10-20(18)24(21-11-7-5-9-19(21)23)26(25)29(27(28)31)34(32,33)17-14-12-16(2)13-15-17/h4-15,23-26H,3H2,1-2H3/t23?,24?,25-,26+/m1/s1. The molecular formula is C27H24N2O4S. The maximum atomic E-state index is 13.9. The Morgan fingerprint density at radius 3 is 1.74 bits per heavy atom. The lowest BCUT2D eigenvalue weighted by Gasteiger charge is -2.49. The van der Waals surface area contributed by atoms with Crippen molar-refractivity contribution in [2.75, 3.05) is 0 Å². The highest BCUT2D eigenvalue weighted by Gasteiger charge is 2.64. The molecule has 3 amide bonds. The Bertz CT molecular complexity index is 1400. The van der Waals surface area contributed by atoms with Crippen LogP contribution in [0, 0.1) is 6.92 Å². The van der Waals surface area contributed by atoms with E-state index in [0.717, 1.165) is 32.1 Å². The normalized spacial score (nSPS) is 24.6. The number of hydrogen-bond acceptors (Lipinski definition) is 4. The number of nitrogens with zero attached hydrogens (tertiary/aromatic N) is 2. The van der Waals surface area contributed by atoms with Gasteiger partial charge in [-0.15, -0.1) is 0 Å². The van der Waals surface area contributed by atoms with Crippen LogP contribution in [0.5, 0.6) is 0 Å². The maximum absolute atomic E-state index is 13.9. The van der Waals surface area contributed by atoms with E-state index in [1.807, 2.05) is 55.5 Å². The predicted octanol–water partition coefficient (Wildman–Crippen LogP) is 4.39. The molecule has 3 aromatic carbocycles. The molecule has 3 aromatic rings. The highest BCUT2D eigenvalue weighted by atomic mass is 32.2. The minimum Gasteiger partial charge on any atom is -0.274 e. The third kappa shape index (κ3) is 2.64. The lowest BCUT2D eigenvalue weighted by atomic mass is 9.59. The Morgan fingerprint density at radius 2 is 1.26 bits per heavy atom. The minimum atomic E-state index is -4.19. The van der Waals surface area contributed by atoms with Crippen molar-refractivity contribution in [1.29, 1.82) is 0 Å². The number of urea groups is 1. The van der Waals surface area contributed by atoms with E-state index in [1.54, 1.807) is 19.1 Å². The van der Waals surface area contributed by atoms with Crippen LogP contribution in [0.3, 0.4) is 0 Å². The van der Waals surface area contributed by atoms with Crippen molar-refractivity contribution in [2.45, 2.75) is 49.1 Å². The van der Waals surface area contributed by atoms with Crippen molar-refractivity contribution in [1.82, 2.24) is 9.21 Å². The minimum absolute atomic E-state index is 0.0546. The molecule has 1 fully saturated rings. The van der Waals surface area contributed by atoms with E-state index in [1.165, 1.54) is 17.0 Å². The lowest BCUT2D eigenvalue weighted by molar-refractivity contribution is -0.129. The number of amides is 3. The quantitative estimate of drug-likeness (QED) is 0.567. The van der Waals surface area contributed by atoms with Crippen molar-refractivity contribution in [3.05, 3.63) is 101 Å². The number of carbonyl (C=O) groups is 2. The van der Waals surface area contributed by atoms with Crippen LogP contribution >= 0.6 is 0 Å². The third-order valence-electron chi connectivity index (χ3n) is 7.48. The summed E-state index contributed by atoms with van der Waals surface area (Å²) in [4.78, 5) is 28.2. The van der Waals surface area contributed by atoms with Crippen molar-refractivity contribution in [2.24, 2.45) is 0 Å². The Morgan fingerprint density at radius 1 is 0.794 bits per heavy atom. The Labute approximate surface area is 198 Å². The summed E-state index contributed by atoms with van der Waals surface area (Å²) in [5.74, 6) is -0.981. The molecule has 1 saturated heterocycles. The zero-order valence-corrected chi connectivity index (χ0v) is 19.7. The van der Waals surface area contributed by atoms with E-state index >= 15 is 0 Å². The van der Waals surface area contributed by atoms with Gasteiger partial charge in [0.15, 0.2) is 0 Å². The highest BCUT2D eigenvalue weighted by Crippen LogP contribution is 2.58. The Balaban J connectivity index is 1.62. The molecule has 7 heteroatoms. The number of sulfonamides is 1. The van der Waals surface area contributed by atoms with Crippen LogP contribution in [-0.2, 0) is 14.8 Å². The molecule has 0 spiro atoms. The molecule has 0 radical (unpaired) electrons. The van der Waals surface area contributed by atoms with Gasteiger partial charge in [0, 0.05) is 18.3 Å². The molecular weight excluding hydrogens is 448 g/mol. The molecule has 7 rings (SSSR count). The maximum Gasteiger partial charge on any atom is 0.341 e. The second-order valence-electron chi connectivity index (χ2n) is 9.21. The fourth-order valence-corrected chi connectivity index (χ4v) is 7.65. The van der Waals surface area contributed by atoms with Gasteiger partial charge in [0.05, 0.1) is 17.0 Å². The van der Waals surface area contributed by atoms with Crippen LogP contribution < -0.4 is 0 Å². The van der Waals surface area contributed by atoms with Gasteiger partial charge in [-0.1, -0.05) is 73.2 Å². The van der Waals surface area contributed by atoms with Gasteiger partial charge in [-0.3, -0.25) is 9.69 Å². The van der Waals surface area contributed by atoms with Crippen molar-refractivity contribution in [3.63, 3.8) is 0 Å². The summed E-state index contributed by atoms with van der Waals surface area (Å²) >= 11 is 0. The zero-order valence-electron chi connectivity index (χ0n) is 18.9. The molecule has 34 heavy (non-hydrogen) atoms. The summed E-state index contributed by atoms with van der Waals surface area (Å²) < 4.78 is 28.9. The summed E-state index contributed by atoms with van der Waals surface area (Å²) in [6.45, 7) is 3.58. The van der Waals surface area contributed by atoms with E-state index < -0.39 is 28.1 Å². The zero-order chi connectivity index (χ0) is 23.8. The summed E-state index contributed by atoms with van der Waals surface area (Å²) in [6.07, 6.45) is 0.119. The first-order valence-electron chi connectivity index (χ1n) is 11.5. The number of hydrogen-bond donors (Lipinski definition) is 0. The second-order valence-corrected chi connectivity index (χ2v) is 11.0. The number of imide groups is 1. The monoisotopic (exact) mass is 472 g/mol. The van der Waals surface area contributed by atoms with E-state index in [0.29, 0.717) is 0 Å². The van der Waals surface area contributed by atoms with Crippen molar-refractivity contribution >= 4 is 22.0 Å². The SMILES string of the molecule is CCC(=O)N1C(=O)N(S(=O)(=O)c2ccc(C)cc2)[C@H]2C3c4ccccc4C(c4ccccc43)[C@H]21. The molecule has 6 nitrogen and oxygen atoms in total. The number of carbonyl (C=O) groups excluding carboxylic acids is 2. The topological polar surface area (TPSA) is 74.8 Å². The van der Waals surface area contributed by atoms with Crippen LogP contribution in [0.15, 0.2) is 77.7 Å². The average Bonchev–Trinajstić information content (AvgIpc) is 3.17. The fraction of sp³-hybridized carbons (Fsp3) is 0.259. The van der Waals surface area contributed by atoms with Crippen molar-refractivity contribution < 1.29 is 18.0 Å². The van der Waals surface area contributed by atoms with Gasteiger partial charge in [-0.2, -0.15) is 0 Å². The summed E-state index contributed by atoms with van der Waals surface area (Å²) in [7, 11) is -4.19. The summed E-state index contributed by atoms with van der Waals surface area (Å²) in [5.41, 5.74) is 5.09. The first-order chi connectivity index (χ1) is 16.4. The first kappa shape index (κ1) is 21.1. The number of benzene rings is 3. The fourth-order valence-electron chi connectivity index (χ4n) is 6.09. The van der Waals surface area contributed by atoms with E-state index in [9.17, 15) is 18.0 Å². The van der Waals surface area contributed by atoms with Gasteiger partial charge in [0.25, 0.3) is 10.0 Å². The van der Waals surface area contributed by atoms with Gasteiger partial charge < -0.3 is 0 Å². The van der Waals surface area contributed by atoms with Gasteiger partial charge in [-0.05, 0) is 41.3 Å². The summed E-state index contributed by atoms with van der Waals surface area (Å²) in [6, 6.07) is 20.4. The van der Waals surface area contributed by atoms with Crippen LogP contribution in [-0.4, -0.2) is 41.6 Å². The lowest BCUT2D eigenvalue weighted by Crippen LogP contribution is -2.54. The second kappa shape index (κ2) is 7.27. The van der Waals surface area contributed by atoms with Gasteiger partial charge in [0.2, 0.25) is 5.91 Å². The molecule has 0 saturated carbocycles. The Kier molecular flexibility index (Phi) is 4.51. The molecule has 2 bridgehead atoms. The third-order valence-corrected chi connectivity index (χ3v) is 9.26.